The molecule has 0 fully saturated rings. The Kier molecular flexibility index (Phi) is 11.7. The third-order valence-electron chi connectivity index (χ3n) is 5.36. The first kappa shape index (κ1) is 30.6. The zero-order valence-corrected chi connectivity index (χ0v) is 22.8. The Labute approximate surface area is 237 Å². The maximum Gasteiger partial charge on any atom is 0.414 e. The van der Waals surface area contributed by atoms with Gasteiger partial charge in [-0.2, -0.15) is 0 Å². The van der Waals surface area contributed by atoms with Crippen LogP contribution in [0.5, 0.6) is 0 Å². The van der Waals surface area contributed by atoms with Crippen LogP contribution in [0.4, 0.5) is 9.59 Å². The second-order valence-corrected chi connectivity index (χ2v) is 10.3. The maximum atomic E-state index is 12.8. The number of guanidine groups is 1. The highest BCUT2D eigenvalue weighted by atomic mass is 32.2. The monoisotopic (exact) mass is 582 g/mol. The second-order valence-electron chi connectivity index (χ2n) is 8.59. The third-order valence-corrected chi connectivity index (χ3v) is 6.58. The molecular formula is C28H30N4O8S. The number of alkyl carbamates (subject to hydrolysis) is 2. The maximum absolute atomic E-state index is 12.8. The zero-order chi connectivity index (χ0) is 29.5. The minimum Gasteiger partial charge on any atom is -0.459 e. The molecule has 0 unspecified atom stereocenters. The van der Waals surface area contributed by atoms with E-state index < -0.39 is 52.4 Å². The van der Waals surface area contributed by atoms with Crippen molar-refractivity contribution in [3.05, 3.63) is 108 Å². The Balaban J connectivity index is 1.57. The number of rotatable bonds is 12. The number of sulfonamides is 1. The summed E-state index contributed by atoms with van der Waals surface area (Å²) in [5, 5.41) is 4.37. The minimum absolute atomic E-state index is 0.0640. The number of nitrogens with one attached hydrogen (secondary N) is 2. The van der Waals surface area contributed by atoms with Crippen molar-refractivity contribution >= 4 is 34.1 Å². The summed E-state index contributed by atoms with van der Waals surface area (Å²) in [5.41, 5.74) is 7.69. The fourth-order valence-electron chi connectivity index (χ4n) is 3.33. The van der Waals surface area contributed by atoms with Gasteiger partial charge in [-0.15, -0.1) is 4.40 Å². The van der Waals surface area contributed by atoms with Crippen molar-refractivity contribution in [2.24, 2.45) is 10.1 Å². The fourth-order valence-corrected chi connectivity index (χ4v) is 4.30. The summed E-state index contributed by atoms with van der Waals surface area (Å²) >= 11 is 0. The quantitative estimate of drug-likeness (QED) is 0.125. The van der Waals surface area contributed by atoms with Crippen LogP contribution < -0.4 is 16.4 Å². The van der Waals surface area contributed by atoms with Crippen LogP contribution in [0.15, 0.2) is 95.4 Å². The first-order chi connectivity index (χ1) is 19.7. The lowest BCUT2D eigenvalue weighted by Gasteiger charge is -2.17. The molecule has 12 nitrogen and oxygen atoms in total. The molecule has 3 aromatic carbocycles. The van der Waals surface area contributed by atoms with E-state index in [9.17, 15) is 22.8 Å². The Bertz CT molecular complexity index is 1420. The number of ether oxygens (including phenoxy) is 3. The largest absolute Gasteiger partial charge is 0.459 e. The number of hydrogen-bond donors (Lipinski definition) is 3. The summed E-state index contributed by atoms with van der Waals surface area (Å²) in [5.74, 6) is -2.31. The number of benzene rings is 3. The number of amides is 2. The average Bonchev–Trinajstić information content (AvgIpc) is 2.97. The predicted octanol–water partition coefficient (Wildman–Crippen LogP) is 2.99. The van der Waals surface area contributed by atoms with Gasteiger partial charge in [-0.05, 0) is 23.1 Å². The van der Waals surface area contributed by atoms with Gasteiger partial charge in [-0.1, -0.05) is 91.0 Å². The fraction of sp³-hybridized carbons (Fsp3) is 0.214. The van der Waals surface area contributed by atoms with Gasteiger partial charge in [0.25, 0.3) is 10.0 Å². The van der Waals surface area contributed by atoms with E-state index in [4.69, 9.17) is 19.9 Å². The average molecular weight is 583 g/mol. The van der Waals surface area contributed by atoms with Crippen molar-refractivity contribution in [3.8, 4) is 0 Å². The van der Waals surface area contributed by atoms with Gasteiger partial charge in [-0.25, -0.2) is 22.8 Å². The van der Waals surface area contributed by atoms with E-state index in [0.29, 0.717) is 16.7 Å². The van der Waals surface area contributed by atoms with Crippen LogP contribution in [0.2, 0.25) is 0 Å². The van der Waals surface area contributed by atoms with Crippen LogP contribution in [-0.2, 0) is 48.8 Å². The number of nitrogens with two attached hydrogens (primary N) is 1. The molecule has 0 radical (unpaired) electrons. The van der Waals surface area contributed by atoms with E-state index in [1.54, 1.807) is 91.0 Å². The molecule has 0 saturated carbocycles. The van der Waals surface area contributed by atoms with E-state index in [0.717, 1.165) is 0 Å². The number of esters is 1. The highest BCUT2D eigenvalue weighted by Crippen LogP contribution is 2.08. The number of hydrogen-bond acceptors (Lipinski definition) is 8. The molecule has 0 bridgehead atoms. The lowest BCUT2D eigenvalue weighted by molar-refractivity contribution is -0.147. The molecule has 216 valence electrons. The lowest BCUT2D eigenvalue weighted by Crippen LogP contribution is -2.43. The molecule has 2 amide bonds. The van der Waals surface area contributed by atoms with Crippen molar-refractivity contribution in [2.75, 3.05) is 5.75 Å². The van der Waals surface area contributed by atoms with Crippen molar-refractivity contribution in [2.45, 2.75) is 32.3 Å². The first-order valence-electron chi connectivity index (χ1n) is 12.4. The van der Waals surface area contributed by atoms with Gasteiger partial charge >= 0.3 is 18.2 Å². The summed E-state index contributed by atoms with van der Waals surface area (Å²) in [6.07, 6.45) is -2.36. The summed E-state index contributed by atoms with van der Waals surface area (Å²) in [4.78, 5) is 37.1. The van der Waals surface area contributed by atoms with Crippen LogP contribution in [0.3, 0.4) is 0 Å². The Morgan fingerprint density at radius 1 is 0.707 bits per heavy atom. The topological polar surface area (TPSA) is 175 Å². The molecule has 0 aliphatic heterocycles. The normalized spacial score (nSPS) is 12.0. The molecule has 1 atom stereocenters. The molecule has 0 heterocycles. The molecule has 0 saturated heterocycles. The molecule has 0 spiro atoms. The third kappa shape index (κ3) is 11.8. The predicted molar refractivity (Wildman–Crippen MR) is 150 cm³/mol. The number of nitrogens with zero attached hydrogens (tertiary/aromatic N) is 1. The second kappa shape index (κ2) is 15.6. The summed E-state index contributed by atoms with van der Waals surface area (Å²) < 4.78 is 43.8. The van der Waals surface area contributed by atoms with Gasteiger partial charge in [-0.3, -0.25) is 5.32 Å². The van der Waals surface area contributed by atoms with Crippen LogP contribution >= 0.6 is 0 Å². The zero-order valence-electron chi connectivity index (χ0n) is 22.0. The standard InChI is InChI=1S/C28H30N4O8S/c29-26(31-28(35)40-20-23-14-8-3-9-15-23)32-41(36,37)17-16-24(25(33)38-18-21-10-4-1-5-11-21)30-27(34)39-19-22-12-6-2-7-13-22/h1-15,24H,16-20H2,(H,30,34)(H3,29,31,32,35)/t24-/m0/s1. The van der Waals surface area contributed by atoms with Gasteiger partial charge in [0, 0.05) is 0 Å². The summed E-state index contributed by atoms with van der Waals surface area (Å²) in [6.45, 7) is -0.223. The summed E-state index contributed by atoms with van der Waals surface area (Å²) in [7, 11) is -4.29. The molecule has 3 rings (SSSR count). The Morgan fingerprint density at radius 3 is 1.63 bits per heavy atom. The summed E-state index contributed by atoms with van der Waals surface area (Å²) in [6, 6.07) is 25.1. The van der Waals surface area contributed by atoms with Gasteiger partial charge < -0.3 is 25.3 Å². The molecule has 3 aromatic rings. The van der Waals surface area contributed by atoms with E-state index in [1.165, 1.54) is 0 Å². The van der Waals surface area contributed by atoms with Gasteiger partial charge in [0.05, 0.1) is 5.75 Å². The minimum atomic E-state index is -4.29. The molecule has 0 aromatic heterocycles. The van der Waals surface area contributed by atoms with Gasteiger partial charge in [0.1, 0.15) is 25.9 Å². The van der Waals surface area contributed by atoms with E-state index >= 15 is 0 Å². The van der Waals surface area contributed by atoms with Gasteiger partial charge in [0.15, 0.2) is 0 Å². The van der Waals surface area contributed by atoms with Crippen LogP contribution in [0.1, 0.15) is 23.1 Å². The van der Waals surface area contributed by atoms with Crippen LogP contribution in [-0.4, -0.2) is 44.3 Å². The Hall–Kier alpha value is -4.91. The smallest absolute Gasteiger partial charge is 0.414 e. The van der Waals surface area contributed by atoms with Crippen molar-refractivity contribution in [3.63, 3.8) is 0 Å². The molecule has 0 aliphatic rings. The van der Waals surface area contributed by atoms with Crippen LogP contribution in [0, 0.1) is 0 Å². The molecule has 4 N–H and O–H groups in total. The Morgan fingerprint density at radius 2 is 1.15 bits per heavy atom. The van der Waals surface area contributed by atoms with E-state index in [-0.39, 0.29) is 19.8 Å². The van der Waals surface area contributed by atoms with E-state index in [1.807, 2.05) is 5.32 Å². The van der Waals surface area contributed by atoms with Gasteiger partial charge in [0.2, 0.25) is 5.96 Å². The molecule has 0 aliphatic carbocycles. The first-order valence-corrected chi connectivity index (χ1v) is 14.0. The lowest BCUT2D eigenvalue weighted by atomic mass is 10.2. The van der Waals surface area contributed by atoms with Crippen molar-refractivity contribution < 1.29 is 37.0 Å². The molecule has 41 heavy (non-hydrogen) atoms. The highest BCUT2D eigenvalue weighted by Gasteiger charge is 2.26. The molecule has 13 heteroatoms. The van der Waals surface area contributed by atoms with E-state index in [2.05, 4.69) is 9.71 Å². The number of carbonyl (C=O) groups excluding carboxylic acids is 3. The number of carbonyl (C=O) groups is 3. The molecular weight excluding hydrogens is 552 g/mol. The highest BCUT2D eigenvalue weighted by molar-refractivity contribution is 7.90. The van der Waals surface area contributed by atoms with Crippen LogP contribution in [0.25, 0.3) is 0 Å². The SMILES string of the molecule is N/C(=N\S(=O)(=O)CC[C@H](NC(=O)OCc1ccccc1)C(=O)OCc1ccccc1)NC(=O)OCc1ccccc1. The van der Waals surface area contributed by atoms with Crippen molar-refractivity contribution in [1.82, 2.24) is 10.6 Å². The van der Waals surface area contributed by atoms with Crippen molar-refractivity contribution in [1.29, 1.82) is 0 Å².